The Labute approximate surface area is 266 Å². The zero-order valence-electron chi connectivity index (χ0n) is 23.5. The van der Waals surface area contributed by atoms with Crippen LogP contribution in [0.3, 0.4) is 0 Å². The molecule has 5 aromatic rings. The first-order valence-electron chi connectivity index (χ1n) is 14.5. The van der Waals surface area contributed by atoms with Crippen LogP contribution < -0.4 is 5.32 Å². The van der Waals surface area contributed by atoms with Crippen molar-refractivity contribution in [3.05, 3.63) is 81.4 Å². The number of hydrogen-bond acceptors (Lipinski definition) is 7. The molecule has 1 spiro atoms. The molecular formula is C31H28Cl2FN7O2S. The number of rotatable bonds is 7. The van der Waals surface area contributed by atoms with Crippen molar-refractivity contribution in [1.29, 1.82) is 0 Å². The number of likely N-dealkylation sites (tertiary alicyclic amines) is 1. The number of anilines is 1. The third-order valence-corrected chi connectivity index (χ3v) is 10.4. The molecule has 13 heteroatoms. The Morgan fingerprint density at radius 3 is 2.73 bits per heavy atom. The zero-order chi connectivity index (χ0) is 30.2. The van der Waals surface area contributed by atoms with Gasteiger partial charge in [0.05, 0.1) is 34.7 Å². The largest absolute Gasteiger partial charge is 0.393 e. The molecule has 2 aliphatic heterocycles. The van der Waals surface area contributed by atoms with Crippen LogP contribution in [0.5, 0.6) is 0 Å². The maximum atomic E-state index is 14.3. The number of amides is 1. The number of imidazole rings is 1. The molecule has 0 bridgehead atoms. The molecular weight excluding hydrogens is 624 g/mol. The van der Waals surface area contributed by atoms with Crippen LogP contribution in [0, 0.1) is 5.41 Å². The molecule has 3 aromatic heterocycles. The molecule has 1 aliphatic carbocycles. The molecule has 1 amide bonds. The third kappa shape index (κ3) is 4.82. The topological polar surface area (TPSA) is 101 Å². The van der Waals surface area contributed by atoms with Crippen LogP contribution in [0.2, 0.25) is 10.0 Å². The third-order valence-electron chi connectivity index (χ3n) is 9.05. The van der Waals surface area contributed by atoms with Crippen LogP contribution >= 0.6 is 34.5 Å². The van der Waals surface area contributed by atoms with Crippen molar-refractivity contribution in [3.8, 4) is 11.1 Å². The molecule has 226 valence electrons. The lowest BCUT2D eigenvalue weighted by Crippen LogP contribution is -2.63. The van der Waals surface area contributed by atoms with E-state index in [1.807, 2.05) is 18.2 Å². The average molecular weight is 653 g/mol. The van der Waals surface area contributed by atoms with E-state index in [4.69, 9.17) is 28.3 Å². The van der Waals surface area contributed by atoms with Gasteiger partial charge in [-0.15, -0.1) is 11.3 Å². The Morgan fingerprint density at radius 2 is 2.00 bits per heavy atom. The van der Waals surface area contributed by atoms with Gasteiger partial charge in [-0.3, -0.25) is 19.7 Å². The number of thiazole rings is 1. The van der Waals surface area contributed by atoms with Gasteiger partial charge >= 0.3 is 0 Å². The van der Waals surface area contributed by atoms with E-state index >= 15 is 0 Å². The van der Waals surface area contributed by atoms with Gasteiger partial charge < -0.3 is 9.67 Å². The lowest BCUT2D eigenvalue weighted by atomic mass is 9.62. The number of benzene rings is 2. The van der Waals surface area contributed by atoms with Crippen molar-refractivity contribution < 1.29 is 14.3 Å². The molecule has 2 N–H and O–H groups in total. The van der Waals surface area contributed by atoms with E-state index in [1.54, 1.807) is 28.7 Å². The molecule has 0 radical (unpaired) electrons. The van der Waals surface area contributed by atoms with Crippen molar-refractivity contribution >= 4 is 56.5 Å². The number of carbonyl (C=O) groups is 1. The van der Waals surface area contributed by atoms with Crippen LogP contribution in [0.1, 0.15) is 35.8 Å². The van der Waals surface area contributed by atoms with E-state index < -0.39 is 18.1 Å². The second-order valence-corrected chi connectivity index (χ2v) is 13.9. The maximum Gasteiger partial charge on any atom is 0.257 e. The summed E-state index contributed by atoms with van der Waals surface area (Å²) in [6.07, 6.45) is 5.70. The second kappa shape index (κ2) is 10.6. The summed E-state index contributed by atoms with van der Waals surface area (Å²) in [6, 6.07) is 9.08. The highest BCUT2D eigenvalue weighted by Crippen LogP contribution is 2.48. The van der Waals surface area contributed by atoms with Crippen molar-refractivity contribution in [3.63, 3.8) is 0 Å². The van der Waals surface area contributed by atoms with Gasteiger partial charge in [0.2, 0.25) is 0 Å². The SMILES string of the molecule is O=C(Nc1nccs1)C(c1ncn2c1C[C@@H](F)C2)n1cc2c(Cl)cc(-c3ccc(CN4CC5(CC(O)C5)C4)cc3)c(Cl)c2n1. The summed E-state index contributed by atoms with van der Waals surface area (Å²) in [6.45, 7) is 3.13. The highest BCUT2D eigenvalue weighted by Gasteiger charge is 2.51. The van der Waals surface area contributed by atoms with Gasteiger partial charge in [0.25, 0.3) is 5.91 Å². The summed E-state index contributed by atoms with van der Waals surface area (Å²) in [5.41, 5.74) is 4.71. The fraction of sp³-hybridized carbons (Fsp3) is 0.355. The van der Waals surface area contributed by atoms with Crippen molar-refractivity contribution in [1.82, 2.24) is 29.2 Å². The first kappa shape index (κ1) is 28.1. The highest BCUT2D eigenvalue weighted by atomic mass is 35.5. The molecule has 5 heterocycles. The molecule has 1 saturated heterocycles. The molecule has 8 rings (SSSR count). The van der Waals surface area contributed by atoms with Gasteiger partial charge in [-0.05, 0) is 30.0 Å². The molecule has 3 aliphatic rings. The van der Waals surface area contributed by atoms with Crippen LogP contribution in [-0.4, -0.2) is 65.6 Å². The number of hydrogen-bond donors (Lipinski definition) is 2. The van der Waals surface area contributed by atoms with E-state index in [1.165, 1.54) is 21.6 Å². The van der Waals surface area contributed by atoms with E-state index in [0.29, 0.717) is 42.9 Å². The Balaban J connectivity index is 1.10. The van der Waals surface area contributed by atoms with Crippen LogP contribution in [-0.2, 0) is 24.3 Å². The summed E-state index contributed by atoms with van der Waals surface area (Å²) in [5, 5.41) is 21.0. The Kier molecular flexibility index (Phi) is 6.80. The fourth-order valence-electron chi connectivity index (χ4n) is 7.07. The number of alkyl halides is 1. The predicted octanol–water partition coefficient (Wildman–Crippen LogP) is 5.74. The summed E-state index contributed by atoms with van der Waals surface area (Å²) >= 11 is 15.1. The molecule has 2 fully saturated rings. The minimum absolute atomic E-state index is 0.126. The normalized spacial score (nSPS) is 20.0. The van der Waals surface area contributed by atoms with E-state index in [9.17, 15) is 14.3 Å². The molecule has 2 atom stereocenters. The minimum Gasteiger partial charge on any atom is -0.393 e. The Hall–Kier alpha value is -3.35. The minimum atomic E-state index is -1.04. The quantitative estimate of drug-likeness (QED) is 0.233. The van der Waals surface area contributed by atoms with E-state index in [-0.39, 0.29) is 19.1 Å². The van der Waals surface area contributed by atoms with Gasteiger partial charge in [-0.25, -0.2) is 14.4 Å². The molecule has 2 aromatic carbocycles. The average Bonchev–Trinajstić information content (AvgIpc) is 3.76. The molecule has 1 unspecified atom stereocenters. The number of aliphatic hydroxyl groups excluding tert-OH is 1. The van der Waals surface area contributed by atoms with Gasteiger partial charge in [-0.2, -0.15) is 5.10 Å². The maximum absolute atomic E-state index is 14.3. The Bertz CT molecular complexity index is 1880. The van der Waals surface area contributed by atoms with Gasteiger partial charge in [0.15, 0.2) is 11.2 Å². The summed E-state index contributed by atoms with van der Waals surface area (Å²) < 4.78 is 17.6. The summed E-state index contributed by atoms with van der Waals surface area (Å²) in [7, 11) is 0. The number of nitrogens with zero attached hydrogens (tertiary/aromatic N) is 6. The predicted molar refractivity (Wildman–Crippen MR) is 168 cm³/mol. The van der Waals surface area contributed by atoms with Crippen LogP contribution in [0.4, 0.5) is 9.52 Å². The van der Waals surface area contributed by atoms with Crippen LogP contribution in [0.25, 0.3) is 22.0 Å². The fourth-order valence-corrected chi connectivity index (χ4v) is 8.16. The first-order chi connectivity index (χ1) is 21.2. The standard InChI is InChI=1S/C31H28Cl2FN7O2S/c32-23-8-21(18-3-1-17(2-4-18)11-39-14-31(15-39)9-20(42)10-31)25(33)26-22(23)13-41(38-26)28(29(43)37-30-35-5-6-44-30)27-24-7-19(34)12-40(24)16-36-27/h1-6,8,13,16,19-20,28,42H,7,9-12,14-15H2,(H,35,37,43)/t19-,28?/m1/s1. The molecule has 1 saturated carbocycles. The van der Waals surface area contributed by atoms with Crippen molar-refractivity contribution in [2.45, 2.75) is 50.7 Å². The summed E-state index contributed by atoms with van der Waals surface area (Å²) in [4.78, 5) is 24.8. The zero-order valence-corrected chi connectivity index (χ0v) is 25.8. The van der Waals surface area contributed by atoms with Crippen molar-refractivity contribution in [2.75, 3.05) is 18.4 Å². The van der Waals surface area contributed by atoms with E-state index in [2.05, 4.69) is 32.3 Å². The Morgan fingerprint density at radius 1 is 1.20 bits per heavy atom. The number of fused-ring (bicyclic) bond motifs is 2. The molecule has 9 nitrogen and oxygen atoms in total. The number of aromatic nitrogens is 5. The van der Waals surface area contributed by atoms with Gasteiger partial charge in [-0.1, -0.05) is 47.5 Å². The first-order valence-corrected chi connectivity index (χ1v) is 16.1. The van der Waals surface area contributed by atoms with Gasteiger partial charge in [0.1, 0.15) is 11.7 Å². The van der Waals surface area contributed by atoms with Gasteiger partial charge in [0, 0.05) is 65.9 Å². The number of aliphatic hydroxyl groups is 1. The number of carbonyl (C=O) groups excluding carboxylic acids is 1. The van der Waals surface area contributed by atoms with Crippen LogP contribution in [0.15, 0.2) is 54.4 Å². The summed E-state index contributed by atoms with van der Waals surface area (Å²) in [5.74, 6) is -0.402. The van der Waals surface area contributed by atoms with Crippen molar-refractivity contribution in [2.24, 2.45) is 5.41 Å². The smallest absolute Gasteiger partial charge is 0.257 e. The second-order valence-electron chi connectivity index (χ2n) is 12.3. The molecule has 44 heavy (non-hydrogen) atoms. The number of halogens is 3. The monoisotopic (exact) mass is 651 g/mol. The lowest BCUT2D eigenvalue weighted by Gasteiger charge is -2.58. The van der Waals surface area contributed by atoms with E-state index in [0.717, 1.165) is 43.6 Å². The lowest BCUT2D eigenvalue weighted by molar-refractivity contribution is -0.131. The highest BCUT2D eigenvalue weighted by molar-refractivity contribution is 7.13. The number of nitrogens with one attached hydrogen (secondary N) is 1.